The van der Waals surface area contributed by atoms with Crippen LogP contribution in [0.25, 0.3) is 0 Å². The minimum absolute atomic E-state index is 0.135. The molecule has 19 heavy (non-hydrogen) atoms. The predicted octanol–water partition coefficient (Wildman–Crippen LogP) is 3.98. The summed E-state index contributed by atoms with van der Waals surface area (Å²) in [5.74, 6) is 1.36. The van der Waals surface area contributed by atoms with E-state index >= 15 is 0 Å². The van der Waals surface area contributed by atoms with Crippen LogP contribution in [0.4, 0.5) is 0 Å². The number of hydrogen-bond donors (Lipinski definition) is 0. The molecule has 0 amide bonds. The van der Waals surface area contributed by atoms with Gasteiger partial charge in [0.2, 0.25) is 0 Å². The quantitative estimate of drug-likeness (QED) is 0.608. The SMILES string of the molecule is COc1ccccc1SCC(=O)c1ccc(C)cc1. The molecule has 0 aliphatic heterocycles. The Morgan fingerprint density at radius 1 is 1.11 bits per heavy atom. The maximum atomic E-state index is 12.1. The molecule has 2 rings (SSSR count). The van der Waals surface area contributed by atoms with Gasteiger partial charge in [-0.15, -0.1) is 11.8 Å². The van der Waals surface area contributed by atoms with Crippen LogP contribution in [0, 0.1) is 6.92 Å². The monoisotopic (exact) mass is 272 g/mol. The number of benzene rings is 2. The molecule has 0 unspecified atom stereocenters. The van der Waals surface area contributed by atoms with Crippen molar-refractivity contribution in [3.63, 3.8) is 0 Å². The Balaban J connectivity index is 2.02. The summed E-state index contributed by atoms with van der Waals surface area (Å²) in [4.78, 5) is 13.1. The van der Waals surface area contributed by atoms with E-state index in [0.29, 0.717) is 5.75 Å². The number of methoxy groups -OCH3 is 1. The molecule has 0 bridgehead atoms. The molecule has 0 aromatic heterocycles. The number of para-hydroxylation sites is 1. The van der Waals surface area contributed by atoms with Gasteiger partial charge >= 0.3 is 0 Å². The topological polar surface area (TPSA) is 26.3 Å². The number of hydrogen-bond acceptors (Lipinski definition) is 3. The van der Waals surface area contributed by atoms with Gasteiger partial charge in [-0.25, -0.2) is 0 Å². The van der Waals surface area contributed by atoms with Crippen molar-refractivity contribution in [2.24, 2.45) is 0 Å². The summed E-state index contributed by atoms with van der Waals surface area (Å²) in [6, 6.07) is 15.4. The molecule has 0 spiro atoms. The second kappa shape index (κ2) is 6.43. The lowest BCUT2D eigenvalue weighted by molar-refractivity contribution is 0.102. The van der Waals surface area contributed by atoms with E-state index in [1.807, 2.05) is 55.5 Å². The van der Waals surface area contributed by atoms with E-state index in [2.05, 4.69) is 0 Å². The van der Waals surface area contributed by atoms with Gasteiger partial charge in [-0.05, 0) is 19.1 Å². The van der Waals surface area contributed by atoms with Crippen LogP contribution in [0.2, 0.25) is 0 Å². The molecular weight excluding hydrogens is 256 g/mol. The number of aryl methyl sites for hydroxylation is 1. The van der Waals surface area contributed by atoms with E-state index in [0.717, 1.165) is 21.8 Å². The third-order valence-corrected chi connectivity index (χ3v) is 3.86. The average Bonchev–Trinajstić information content (AvgIpc) is 2.45. The summed E-state index contributed by atoms with van der Waals surface area (Å²) in [5.41, 5.74) is 1.92. The van der Waals surface area contributed by atoms with E-state index < -0.39 is 0 Å². The van der Waals surface area contributed by atoms with E-state index in [1.54, 1.807) is 7.11 Å². The second-order valence-corrected chi connectivity index (χ2v) is 5.25. The molecule has 2 nitrogen and oxygen atoms in total. The van der Waals surface area contributed by atoms with Gasteiger partial charge in [-0.2, -0.15) is 0 Å². The van der Waals surface area contributed by atoms with Crippen molar-refractivity contribution in [3.05, 3.63) is 59.7 Å². The second-order valence-electron chi connectivity index (χ2n) is 4.23. The van der Waals surface area contributed by atoms with Crippen LogP contribution in [0.5, 0.6) is 5.75 Å². The fraction of sp³-hybridized carbons (Fsp3) is 0.188. The van der Waals surface area contributed by atoms with Gasteiger partial charge in [-0.3, -0.25) is 4.79 Å². The molecule has 2 aromatic rings. The first kappa shape index (κ1) is 13.7. The van der Waals surface area contributed by atoms with E-state index in [9.17, 15) is 4.79 Å². The third-order valence-electron chi connectivity index (χ3n) is 2.80. The molecule has 0 heterocycles. The van der Waals surface area contributed by atoms with Gasteiger partial charge in [0, 0.05) is 10.5 Å². The first-order valence-corrected chi connectivity index (χ1v) is 7.05. The summed E-state index contributed by atoms with van der Waals surface area (Å²) in [6.07, 6.45) is 0. The van der Waals surface area contributed by atoms with Crippen molar-refractivity contribution in [2.45, 2.75) is 11.8 Å². The lowest BCUT2D eigenvalue weighted by Gasteiger charge is -2.07. The summed E-state index contributed by atoms with van der Waals surface area (Å²) in [7, 11) is 1.64. The Morgan fingerprint density at radius 3 is 2.47 bits per heavy atom. The summed E-state index contributed by atoms with van der Waals surface area (Å²) in [6.45, 7) is 2.01. The molecule has 2 aromatic carbocycles. The Morgan fingerprint density at radius 2 is 1.79 bits per heavy atom. The van der Waals surface area contributed by atoms with Crippen molar-refractivity contribution in [1.82, 2.24) is 0 Å². The minimum Gasteiger partial charge on any atom is -0.496 e. The lowest BCUT2D eigenvalue weighted by atomic mass is 10.1. The molecule has 0 fully saturated rings. The van der Waals surface area contributed by atoms with Crippen LogP contribution in [-0.4, -0.2) is 18.6 Å². The van der Waals surface area contributed by atoms with Gasteiger partial charge in [0.15, 0.2) is 5.78 Å². The van der Waals surface area contributed by atoms with Crippen molar-refractivity contribution in [3.8, 4) is 5.75 Å². The fourth-order valence-corrected chi connectivity index (χ4v) is 2.63. The van der Waals surface area contributed by atoms with Crippen molar-refractivity contribution in [1.29, 1.82) is 0 Å². The maximum Gasteiger partial charge on any atom is 0.173 e. The molecular formula is C16H16O2S. The smallest absolute Gasteiger partial charge is 0.173 e. The van der Waals surface area contributed by atoms with Crippen LogP contribution < -0.4 is 4.74 Å². The molecule has 0 aliphatic rings. The first-order chi connectivity index (χ1) is 9.20. The Hall–Kier alpha value is -1.74. The number of ketones is 1. The standard InChI is InChI=1S/C16H16O2S/c1-12-7-9-13(10-8-12)14(17)11-19-16-6-4-3-5-15(16)18-2/h3-10H,11H2,1-2H3. The highest BCUT2D eigenvalue weighted by molar-refractivity contribution is 8.00. The third kappa shape index (κ3) is 3.61. The summed E-state index contributed by atoms with van der Waals surface area (Å²) >= 11 is 1.50. The molecule has 0 N–H and O–H groups in total. The van der Waals surface area contributed by atoms with Crippen LogP contribution >= 0.6 is 11.8 Å². The predicted molar refractivity (Wildman–Crippen MR) is 79.2 cm³/mol. The van der Waals surface area contributed by atoms with Crippen molar-refractivity contribution < 1.29 is 9.53 Å². The van der Waals surface area contributed by atoms with Gasteiger partial charge in [0.1, 0.15) is 5.75 Å². The zero-order valence-electron chi connectivity index (χ0n) is 11.1. The molecule has 98 valence electrons. The van der Waals surface area contributed by atoms with Crippen molar-refractivity contribution in [2.75, 3.05) is 12.9 Å². The number of ether oxygens (including phenoxy) is 1. The highest BCUT2D eigenvalue weighted by Gasteiger charge is 2.08. The van der Waals surface area contributed by atoms with E-state index in [-0.39, 0.29) is 5.78 Å². The van der Waals surface area contributed by atoms with Gasteiger partial charge in [-0.1, -0.05) is 42.0 Å². The molecule has 0 atom stereocenters. The van der Waals surface area contributed by atoms with Crippen molar-refractivity contribution >= 4 is 17.5 Å². The molecule has 0 saturated heterocycles. The highest BCUT2D eigenvalue weighted by atomic mass is 32.2. The molecule has 3 heteroatoms. The van der Waals surface area contributed by atoms with E-state index in [4.69, 9.17) is 4.74 Å². The lowest BCUT2D eigenvalue weighted by Crippen LogP contribution is -2.02. The van der Waals surface area contributed by atoms with Gasteiger partial charge < -0.3 is 4.74 Å². The first-order valence-electron chi connectivity index (χ1n) is 6.06. The number of thioether (sulfide) groups is 1. The van der Waals surface area contributed by atoms with Gasteiger partial charge in [0.25, 0.3) is 0 Å². The Kier molecular flexibility index (Phi) is 4.63. The zero-order valence-corrected chi connectivity index (χ0v) is 11.9. The maximum absolute atomic E-state index is 12.1. The number of Topliss-reactive ketones (excluding diaryl/α,β-unsaturated/α-hetero) is 1. The number of rotatable bonds is 5. The van der Waals surface area contributed by atoms with Crippen LogP contribution in [0.1, 0.15) is 15.9 Å². The Labute approximate surface area is 117 Å². The van der Waals surface area contributed by atoms with E-state index in [1.165, 1.54) is 11.8 Å². The minimum atomic E-state index is 0.135. The average molecular weight is 272 g/mol. The normalized spacial score (nSPS) is 10.2. The zero-order chi connectivity index (χ0) is 13.7. The summed E-state index contributed by atoms with van der Waals surface area (Å²) in [5, 5.41) is 0. The van der Waals surface area contributed by atoms with Crippen LogP contribution in [0.3, 0.4) is 0 Å². The molecule has 0 radical (unpaired) electrons. The Bertz CT molecular complexity index is 561. The molecule has 0 aliphatic carbocycles. The number of carbonyl (C=O) groups is 1. The largest absolute Gasteiger partial charge is 0.496 e. The number of carbonyl (C=O) groups excluding carboxylic acids is 1. The summed E-state index contributed by atoms with van der Waals surface area (Å²) < 4.78 is 5.27. The van der Waals surface area contributed by atoms with Gasteiger partial charge in [0.05, 0.1) is 12.9 Å². The van der Waals surface area contributed by atoms with Crippen LogP contribution in [0.15, 0.2) is 53.4 Å². The molecule has 0 saturated carbocycles. The van der Waals surface area contributed by atoms with Crippen LogP contribution in [-0.2, 0) is 0 Å². The fourth-order valence-electron chi connectivity index (χ4n) is 1.70. The highest BCUT2D eigenvalue weighted by Crippen LogP contribution is 2.29.